The first-order valence-corrected chi connectivity index (χ1v) is 10.5. The van der Waals surface area contributed by atoms with Crippen LogP contribution in [0.25, 0.3) is 0 Å². The summed E-state index contributed by atoms with van der Waals surface area (Å²) in [6.45, 7) is 5.15. The van der Waals surface area contributed by atoms with Gasteiger partial charge >= 0.3 is 6.03 Å². The SMILES string of the molecule is COc1ccc(C(CNC(=O)N(C)C2CCCC(C)C2)N2CCCC2)cc1. The molecule has 1 saturated carbocycles. The first-order valence-electron chi connectivity index (χ1n) is 10.5. The predicted molar refractivity (Wildman–Crippen MR) is 109 cm³/mol. The molecule has 1 aromatic rings. The van der Waals surface area contributed by atoms with E-state index < -0.39 is 0 Å². The molecular weight excluding hydrogens is 338 g/mol. The summed E-state index contributed by atoms with van der Waals surface area (Å²) < 4.78 is 5.29. The molecule has 1 saturated heterocycles. The fraction of sp³-hybridized carbons (Fsp3) is 0.682. The van der Waals surface area contributed by atoms with Gasteiger partial charge < -0.3 is 15.0 Å². The quantitative estimate of drug-likeness (QED) is 0.818. The second kappa shape index (κ2) is 9.45. The van der Waals surface area contributed by atoms with E-state index in [4.69, 9.17) is 4.74 Å². The molecule has 1 N–H and O–H groups in total. The van der Waals surface area contributed by atoms with E-state index in [1.807, 2.05) is 24.1 Å². The standard InChI is InChI=1S/C22H35N3O2/c1-17-7-6-8-19(15-17)24(2)22(26)23-16-21(25-13-4-5-14-25)18-9-11-20(27-3)12-10-18/h9-12,17,19,21H,4-8,13-16H2,1-3H3,(H,23,26). The Morgan fingerprint density at radius 1 is 1.22 bits per heavy atom. The van der Waals surface area contributed by atoms with Crippen molar-refractivity contribution in [2.24, 2.45) is 5.92 Å². The van der Waals surface area contributed by atoms with E-state index in [0.717, 1.165) is 37.6 Å². The Morgan fingerprint density at radius 2 is 1.93 bits per heavy atom. The third kappa shape index (κ3) is 5.16. The fourth-order valence-corrected chi connectivity index (χ4v) is 4.57. The van der Waals surface area contributed by atoms with E-state index in [9.17, 15) is 4.79 Å². The molecule has 1 heterocycles. The molecule has 5 nitrogen and oxygen atoms in total. The van der Waals surface area contributed by atoms with Gasteiger partial charge in [-0.1, -0.05) is 31.9 Å². The zero-order chi connectivity index (χ0) is 19.2. The van der Waals surface area contributed by atoms with Gasteiger partial charge in [-0.2, -0.15) is 0 Å². The van der Waals surface area contributed by atoms with Gasteiger partial charge in [-0.15, -0.1) is 0 Å². The minimum Gasteiger partial charge on any atom is -0.497 e. The molecule has 1 aliphatic heterocycles. The lowest BCUT2D eigenvalue weighted by Crippen LogP contribution is -2.47. The average Bonchev–Trinajstić information content (AvgIpc) is 3.22. The molecule has 2 aliphatic rings. The van der Waals surface area contributed by atoms with Crippen molar-refractivity contribution in [3.63, 3.8) is 0 Å². The highest BCUT2D eigenvalue weighted by Crippen LogP contribution is 2.28. The number of carbonyl (C=O) groups is 1. The summed E-state index contributed by atoms with van der Waals surface area (Å²) in [7, 11) is 3.64. The summed E-state index contributed by atoms with van der Waals surface area (Å²) in [6.07, 6.45) is 7.24. The van der Waals surface area contributed by atoms with E-state index in [-0.39, 0.29) is 12.1 Å². The maximum Gasteiger partial charge on any atom is 0.317 e. The number of amides is 2. The lowest BCUT2D eigenvalue weighted by molar-refractivity contribution is 0.155. The largest absolute Gasteiger partial charge is 0.497 e. The second-order valence-electron chi connectivity index (χ2n) is 8.25. The van der Waals surface area contributed by atoms with Crippen molar-refractivity contribution in [3.8, 4) is 5.75 Å². The molecule has 0 bridgehead atoms. The van der Waals surface area contributed by atoms with Crippen LogP contribution in [-0.4, -0.2) is 55.7 Å². The van der Waals surface area contributed by atoms with Gasteiger partial charge in [0.15, 0.2) is 0 Å². The number of likely N-dealkylation sites (tertiary alicyclic amines) is 1. The number of carbonyl (C=O) groups excluding carboxylic acids is 1. The Kier molecular flexibility index (Phi) is 7.00. The number of benzene rings is 1. The molecule has 2 fully saturated rings. The molecule has 0 radical (unpaired) electrons. The Morgan fingerprint density at radius 3 is 2.56 bits per heavy atom. The maximum absolute atomic E-state index is 12.8. The van der Waals surface area contributed by atoms with E-state index >= 15 is 0 Å². The van der Waals surface area contributed by atoms with Crippen LogP contribution >= 0.6 is 0 Å². The minimum absolute atomic E-state index is 0.0619. The molecule has 150 valence electrons. The molecule has 3 rings (SSSR count). The number of nitrogens with zero attached hydrogens (tertiary/aromatic N) is 2. The first-order chi connectivity index (χ1) is 13.1. The third-order valence-corrected chi connectivity index (χ3v) is 6.31. The van der Waals surface area contributed by atoms with E-state index in [1.165, 1.54) is 31.2 Å². The number of urea groups is 1. The monoisotopic (exact) mass is 373 g/mol. The molecular formula is C22H35N3O2. The molecule has 3 unspecified atom stereocenters. The predicted octanol–water partition coefficient (Wildman–Crippen LogP) is 4.05. The van der Waals surface area contributed by atoms with Crippen molar-refractivity contribution in [2.75, 3.05) is 33.8 Å². The van der Waals surface area contributed by atoms with E-state index in [1.54, 1.807) is 7.11 Å². The summed E-state index contributed by atoms with van der Waals surface area (Å²) in [4.78, 5) is 17.2. The Hall–Kier alpha value is -1.75. The summed E-state index contributed by atoms with van der Waals surface area (Å²) >= 11 is 0. The van der Waals surface area contributed by atoms with Gasteiger partial charge in [0.05, 0.1) is 13.2 Å². The van der Waals surface area contributed by atoms with Crippen LogP contribution in [0.1, 0.15) is 57.1 Å². The molecule has 0 aromatic heterocycles. The van der Waals surface area contributed by atoms with E-state index in [0.29, 0.717) is 12.6 Å². The van der Waals surface area contributed by atoms with Crippen LogP contribution in [0.4, 0.5) is 4.79 Å². The summed E-state index contributed by atoms with van der Waals surface area (Å²) in [5.41, 5.74) is 1.24. The zero-order valence-electron chi connectivity index (χ0n) is 17.1. The van der Waals surface area contributed by atoms with Crippen LogP contribution in [0.15, 0.2) is 24.3 Å². The topological polar surface area (TPSA) is 44.8 Å². The first kappa shape index (κ1) is 20.0. The highest BCUT2D eigenvalue weighted by Gasteiger charge is 2.27. The Balaban J connectivity index is 1.62. The van der Waals surface area contributed by atoms with Crippen molar-refractivity contribution in [3.05, 3.63) is 29.8 Å². The van der Waals surface area contributed by atoms with Gasteiger partial charge in [0.25, 0.3) is 0 Å². The number of rotatable bonds is 6. The Bertz CT molecular complexity index is 598. The number of nitrogens with one attached hydrogen (secondary N) is 1. The van der Waals surface area contributed by atoms with Crippen LogP contribution in [-0.2, 0) is 0 Å². The molecule has 1 aromatic carbocycles. The van der Waals surface area contributed by atoms with Crippen molar-refractivity contribution in [2.45, 2.75) is 57.5 Å². The summed E-state index contributed by atoms with van der Waals surface area (Å²) in [6, 6.07) is 8.93. The third-order valence-electron chi connectivity index (χ3n) is 6.31. The van der Waals surface area contributed by atoms with Gasteiger partial charge in [0, 0.05) is 19.6 Å². The highest BCUT2D eigenvalue weighted by molar-refractivity contribution is 5.74. The molecule has 5 heteroatoms. The van der Waals surface area contributed by atoms with Crippen molar-refractivity contribution < 1.29 is 9.53 Å². The van der Waals surface area contributed by atoms with Crippen LogP contribution in [0, 0.1) is 5.92 Å². The van der Waals surface area contributed by atoms with Crippen LogP contribution in [0.2, 0.25) is 0 Å². The highest BCUT2D eigenvalue weighted by atomic mass is 16.5. The lowest BCUT2D eigenvalue weighted by atomic mass is 9.86. The van der Waals surface area contributed by atoms with Crippen LogP contribution < -0.4 is 10.1 Å². The van der Waals surface area contributed by atoms with Gasteiger partial charge in [-0.25, -0.2) is 4.79 Å². The average molecular weight is 374 g/mol. The van der Waals surface area contributed by atoms with Crippen molar-refractivity contribution >= 4 is 6.03 Å². The molecule has 1 aliphatic carbocycles. The molecule has 0 spiro atoms. The molecule has 27 heavy (non-hydrogen) atoms. The van der Waals surface area contributed by atoms with Crippen LogP contribution in [0.5, 0.6) is 5.75 Å². The number of methoxy groups -OCH3 is 1. The van der Waals surface area contributed by atoms with Gasteiger partial charge in [0.1, 0.15) is 5.75 Å². The Labute approximate surface area is 164 Å². The van der Waals surface area contributed by atoms with Gasteiger partial charge in [-0.05, 0) is 62.4 Å². The summed E-state index contributed by atoms with van der Waals surface area (Å²) in [5.74, 6) is 1.59. The minimum atomic E-state index is 0.0619. The lowest BCUT2D eigenvalue weighted by Gasteiger charge is -2.35. The van der Waals surface area contributed by atoms with Gasteiger partial charge in [-0.3, -0.25) is 4.90 Å². The molecule has 3 atom stereocenters. The van der Waals surface area contributed by atoms with E-state index in [2.05, 4.69) is 29.3 Å². The summed E-state index contributed by atoms with van der Waals surface area (Å²) in [5, 5.41) is 3.21. The zero-order valence-corrected chi connectivity index (χ0v) is 17.1. The fourth-order valence-electron chi connectivity index (χ4n) is 4.57. The van der Waals surface area contributed by atoms with Crippen molar-refractivity contribution in [1.82, 2.24) is 15.1 Å². The molecule has 2 amide bonds. The smallest absolute Gasteiger partial charge is 0.317 e. The van der Waals surface area contributed by atoms with Crippen molar-refractivity contribution in [1.29, 1.82) is 0 Å². The second-order valence-corrected chi connectivity index (χ2v) is 8.25. The number of ether oxygens (including phenoxy) is 1. The van der Waals surface area contributed by atoms with Gasteiger partial charge in [0.2, 0.25) is 0 Å². The van der Waals surface area contributed by atoms with Crippen LogP contribution in [0.3, 0.4) is 0 Å². The normalized spacial score (nSPS) is 24.4. The number of hydrogen-bond acceptors (Lipinski definition) is 3. The number of hydrogen-bond donors (Lipinski definition) is 1. The maximum atomic E-state index is 12.8.